The monoisotopic (exact) mass is 282 g/mol. The van der Waals surface area contributed by atoms with Gasteiger partial charge < -0.3 is 10.2 Å². The predicted molar refractivity (Wildman–Crippen MR) is 81.3 cm³/mol. The second kappa shape index (κ2) is 5.91. The van der Waals surface area contributed by atoms with Crippen LogP contribution in [0.4, 0.5) is 5.69 Å². The van der Waals surface area contributed by atoms with Crippen molar-refractivity contribution in [1.29, 1.82) is 0 Å². The van der Waals surface area contributed by atoms with E-state index in [2.05, 4.69) is 32.3 Å². The van der Waals surface area contributed by atoms with Gasteiger partial charge in [-0.2, -0.15) is 0 Å². The van der Waals surface area contributed by atoms with Crippen molar-refractivity contribution in [3.63, 3.8) is 0 Å². The summed E-state index contributed by atoms with van der Waals surface area (Å²) < 4.78 is 0. The van der Waals surface area contributed by atoms with E-state index in [1.165, 1.54) is 11.9 Å². The Hall–Kier alpha value is -2.43. The average Bonchev–Trinajstić information content (AvgIpc) is 2.97. The molecule has 0 aliphatic carbocycles. The molecule has 1 aromatic heterocycles. The Morgan fingerprint density at radius 2 is 2.05 bits per heavy atom. The number of hydrogen-bond acceptors (Lipinski definition) is 4. The number of hydrogen-bond donors (Lipinski definition) is 1. The molecule has 3 rings (SSSR count). The molecule has 2 heterocycles. The van der Waals surface area contributed by atoms with E-state index in [9.17, 15) is 4.79 Å². The molecule has 0 bridgehead atoms. The van der Waals surface area contributed by atoms with Crippen LogP contribution < -0.4 is 10.2 Å². The second-order valence-electron chi connectivity index (χ2n) is 5.28. The molecule has 1 N–H and O–H groups in total. The summed E-state index contributed by atoms with van der Waals surface area (Å²) >= 11 is 0. The molecule has 5 nitrogen and oxygen atoms in total. The van der Waals surface area contributed by atoms with Crippen molar-refractivity contribution < 1.29 is 4.79 Å². The smallest absolute Gasteiger partial charge is 0.271 e. The molecule has 1 aromatic carbocycles. The minimum absolute atomic E-state index is 0.151. The van der Waals surface area contributed by atoms with Crippen LogP contribution in [0.15, 0.2) is 42.7 Å². The van der Waals surface area contributed by atoms with E-state index in [0.29, 0.717) is 5.69 Å². The third kappa shape index (κ3) is 3.18. The topological polar surface area (TPSA) is 58.1 Å². The van der Waals surface area contributed by atoms with E-state index in [0.717, 1.165) is 25.2 Å². The maximum atomic E-state index is 12.1. The first-order valence-corrected chi connectivity index (χ1v) is 7.12. The Morgan fingerprint density at radius 3 is 2.76 bits per heavy atom. The maximum Gasteiger partial charge on any atom is 0.271 e. The van der Waals surface area contributed by atoms with Crippen molar-refractivity contribution in [3.05, 3.63) is 54.1 Å². The van der Waals surface area contributed by atoms with Crippen molar-refractivity contribution in [2.75, 3.05) is 18.0 Å². The number of amides is 1. The van der Waals surface area contributed by atoms with Gasteiger partial charge in [0.1, 0.15) is 5.69 Å². The van der Waals surface area contributed by atoms with Crippen LogP contribution in [0.1, 0.15) is 22.6 Å². The largest absolute Gasteiger partial charge is 0.369 e. The van der Waals surface area contributed by atoms with Crippen molar-refractivity contribution in [1.82, 2.24) is 15.3 Å². The molecule has 1 amide bonds. The molecule has 1 saturated heterocycles. The van der Waals surface area contributed by atoms with E-state index in [1.54, 1.807) is 6.20 Å². The van der Waals surface area contributed by atoms with Gasteiger partial charge in [-0.05, 0) is 25.5 Å². The van der Waals surface area contributed by atoms with Crippen LogP contribution in [0.3, 0.4) is 0 Å². The summed E-state index contributed by atoms with van der Waals surface area (Å²) in [4.78, 5) is 22.6. The first kappa shape index (κ1) is 13.5. The lowest BCUT2D eigenvalue weighted by Gasteiger charge is -2.18. The fourth-order valence-electron chi connectivity index (χ4n) is 2.52. The van der Waals surface area contributed by atoms with Gasteiger partial charge in [-0.3, -0.25) is 9.78 Å². The summed E-state index contributed by atoms with van der Waals surface area (Å²) in [5, 5.41) is 3.03. The number of para-hydroxylation sites is 1. The Morgan fingerprint density at radius 1 is 1.24 bits per heavy atom. The molecule has 0 spiro atoms. The zero-order valence-corrected chi connectivity index (χ0v) is 12.0. The van der Waals surface area contributed by atoms with Gasteiger partial charge in [0.25, 0.3) is 5.91 Å². The number of aryl methyl sites for hydroxylation is 1. The Kier molecular flexibility index (Phi) is 3.81. The lowest BCUT2D eigenvalue weighted by molar-refractivity contribution is 0.0935. The summed E-state index contributed by atoms with van der Waals surface area (Å²) in [5.41, 5.74) is 2.38. The first-order chi connectivity index (χ1) is 10.2. The Labute approximate surface area is 124 Å². The van der Waals surface area contributed by atoms with Gasteiger partial charge in [-0.1, -0.05) is 18.2 Å². The summed E-state index contributed by atoms with van der Waals surface area (Å²) in [5.74, 6) is -0.151. The average molecular weight is 282 g/mol. The molecule has 21 heavy (non-hydrogen) atoms. The third-order valence-corrected chi connectivity index (χ3v) is 3.66. The van der Waals surface area contributed by atoms with Gasteiger partial charge in [0.2, 0.25) is 0 Å². The first-order valence-electron chi connectivity index (χ1n) is 7.12. The Bertz CT molecular complexity index is 612. The summed E-state index contributed by atoms with van der Waals surface area (Å²) in [6.07, 6.45) is 4.08. The number of rotatable bonds is 3. The number of carbonyl (C=O) groups excluding carboxylic acids is 1. The molecule has 2 aromatic rings. The summed E-state index contributed by atoms with van der Waals surface area (Å²) in [6.45, 7) is 3.63. The van der Waals surface area contributed by atoms with Gasteiger partial charge in [-0.15, -0.1) is 0 Å². The van der Waals surface area contributed by atoms with Gasteiger partial charge in [0.15, 0.2) is 0 Å². The lowest BCUT2D eigenvalue weighted by Crippen LogP contribution is -2.37. The molecule has 1 atom stereocenters. The normalized spacial score (nSPS) is 17.8. The van der Waals surface area contributed by atoms with Crippen LogP contribution in [-0.2, 0) is 0 Å². The fourth-order valence-corrected chi connectivity index (χ4v) is 2.52. The highest BCUT2D eigenvalue weighted by Crippen LogP contribution is 2.19. The van der Waals surface area contributed by atoms with Crippen molar-refractivity contribution in [3.8, 4) is 0 Å². The summed E-state index contributed by atoms with van der Waals surface area (Å²) in [7, 11) is 0. The highest BCUT2D eigenvalue weighted by molar-refractivity contribution is 5.92. The van der Waals surface area contributed by atoms with Crippen LogP contribution in [-0.4, -0.2) is 35.0 Å². The predicted octanol–water partition coefficient (Wildman–Crippen LogP) is 1.79. The fraction of sp³-hybridized carbons (Fsp3) is 0.312. The molecule has 0 radical (unpaired) electrons. The maximum absolute atomic E-state index is 12.1. The zero-order valence-electron chi connectivity index (χ0n) is 12.0. The number of carbonyl (C=O) groups is 1. The zero-order chi connectivity index (χ0) is 14.7. The molecule has 1 aliphatic rings. The lowest BCUT2D eigenvalue weighted by atomic mass is 10.2. The SMILES string of the molecule is Cc1cnc(C(=O)NC2CCN(c3ccccc3)C2)cn1. The van der Waals surface area contributed by atoms with E-state index >= 15 is 0 Å². The number of nitrogens with one attached hydrogen (secondary N) is 1. The second-order valence-corrected chi connectivity index (χ2v) is 5.28. The van der Waals surface area contributed by atoms with Crippen LogP contribution in [0.25, 0.3) is 0 Å². The van der Waals surface area contributed by atoms with Crippen molar-refractivity contribution in [2.45, 2.75) is 19.4 Å². The molecule has 5 heteroatoms. The highest BCUT2D eigenvalue weighted by Gasteiger charge is 2.24. The molecule has 1 fully saturated rings. The molecular formula is C16H18N4O. The van der Waals surface area contributed by atoms with E-state index in [4.69, 9.17) is 0 Å². The quantitative estimate of drug-likeness (QED) is 0.932. The Balaban J connectivity index is 1.60. The van der Waals surface area contributed by atoms with Crippen LogP contribution in [0.5, 0.6) is 0 Å². The van der Waals surface area contributed by atoms with Crippen LogP contribution in [0, 0.1) is 6.92 Å². The molecular weight excluding hydrogens is 264 g/mol. The minimum Gasteiger partial charge on any atom is -0.369 e. The number of nitrogens with zero attached hydrogens (tertiary/aromatic N) is 3. The van der Waals surface area contributed by atoms with Crippen molar-refractivity contribution >= 4 is 11.6 Å². The molecule has 108 valence electrons. The van der Waals surface area contributed by atoms with Gasteiger partial charge >= 0.3 is 0 Å². The van der Waals surface area contributed by atoms with E-state index in [1.807, 2.05) is 25.1 Å². The van der Waals surface area contributed by atoms with Crippen molar-refractivity contribution in [2.24, 2.45) is 0 Å². The van der Waals surface area contributed by atoms with Gasteiger partial charge in [-0.25, -0.2) is 4.98 Å². The van der Waals surface area contributed by atoms with Gasteiger partial charge in [0.05, 0.1) is 11.9 Å². The molecule has 1 unspecified atom stereocenters. The highest BCUT2D eigenvalue weighted by atomic mass is 16.2. The minimum atomic E-state index is -0.151. The van der Waals surface area contributed by atoms with Gasteiger partial charge in [0, 0.05) is 31.0 Å². The van der Waals surface area contributed by atoms with Crippen LogP contribution >= 0.6 is 0 Å². The number of aromatic nitrogens is 2. The standard InChI is InChI=1S/C16H18N4O/c1-12-9-18-15(10-17-12)16(21)19-13-7-8-20(11-13)14-5-3-2-4-6-14/h2-6,9-10,13H,7-8,11H2,1H3,(H,19,21). The van der Waals surface area contributed by atoms with Crippen LogP contribution in [0.2, 0.25) is 0 Å². The summed E-state index contributed by atoms with van der Waals surface area (Å²) in [6, 6.07) is 10.4. The molecule has 1 aliphatic heterocycles. The van der Waals surface area contributed by atoms with E-state index in [-0.39, 0.29) is 11.9 Å². The molecule has 0 saturated carbocycles. The third-order valence-electron chi connectivity index (χ3n) is 3.66. The van der Waals surface area contributed by atoms with E-state index < -0.39 is 0 Å². The number of anilines is 1. The number of benzene rings is 1.